The van der Waals surface area contributed by atoms with Crippen LogP contribution < -0.4 is 10.2 Å². The number of anilines is 2. The molecule has 1 aliphatic heterocycles. The van der Waals surface area contributed by atoms with Crippen LogP contribution in [0.4, 0.5) is 37.8 Å². The van der Waals surface area contributed by atoms with Gasteiger partial charge in [0.1, 0.15) is 10.8 Å². The van der Waals surface area contributed by atoms with E-state index in [1.54, 1.807) is 0 Å². The summed E-state index contributed by atoms with van der Waals surface area (Å²) < 4.78 is 98.9. The molecule has 1 saturated heterocycles. The zero-order valence-electron chi connectivity index (χ0n) is 19.3. The van der Waals surface area contributed by atoms with Gasteiger partial charge >= 0.3 is 12.4 Å². The van der Waals surface area contributed by atoms with E-state index in [1.165, 1.54) is 28.1 Å². The van der Waals surface area contributed by atoms with E-state index < -0.39 is 45.7 Å². The first kappa shape index (κ1) is 27.6. The average molecular weight is 539 g/mol. The average Bonchev–Trinajstić information content (AvgIpc) is 2.96. The molecule has 1 aliphatic rings. The molecule has 3 rings (SSSR count). The van der Waals surface area contributed by atoms with Gasteiger partial charge in [0.25, 0.3) is 5.91 Å². The summed E-state index contributed by atoms with van der Waals surface area (Å²) in [6.45, 7) is 0.309. The van der Waals surface area contributed by atoms with E-state index >= 15 is 0 Å². The van der Waals surface area contributed by atoms with Crippen LogP contribution in [0.2, 0.25) is 0 Å². The molecule has 3 heterocycles. The van der Waals surface area contributed by atoms with Crippen LogP contribution in [0.5, 0.6) is 0 Å². The molecule has 0 aliphatic carbocycles. The minimum atomic E-state index is -4.80. The Morgan fingerprint density at radius 3 is 2.44 bits per heavy atom. The van der Waals surface area contributed by atoms with E-state index in [0.717, 1.165) is 13.2 Å². The van der Waals surface area contributed by atoms with E-state index in [4.69, 9.17) is 4.78 Å². The number of hydrogen-bond acceptors (Lipinski definition) is 7. The summed E-state index contributed by atoms with van der Waals surface area (Å²) in [6, 6.07) is 2.51. The molecule has 15 heteroatoms. The van der Waals surface area contributed by atoms with Gasteiger partial charge in [0, 0.05) is 50.5 Å². The van der Waals surface area contributed by atoms with Gasteiger partial charge in [-0.05, 0) is 31.0 Å². The second-order valence-electron chi connectivity index (χ2n) is 8.41. The van der Waals surface area contributed by atoms with E-state index in [9.17, 15) is 35.3 Å². The van der Waals surface area contributed by atoms with Gasteiger partial charge in [0.15, 0.2) is 0 Å². The fourth-order valence-electron chi connectivity index (χ4n) is 3.88. The van der Waals surface area contributed by atoms with Crippen LogP contribution in [-0.2, 0) is 15.9 Å². The van der Waals surface area contributed by atoms with Crippen molar-refractivity contribution in [2.45, 2.75) is 30.7 Å². The lowest BCUT2D eigenvalue weighted by Gasteiger charge is -2.26. The number of pyridine rings is 2. The van der Waals surface area contributed by atoms with Gasteiger partial charge in [0.05, 0.1) is 27.4 Å². The molecule has 0 radical (unpaired) electrons. The zero-order valence-corrected chi connectivity index (χ0v) is 20.1. The molecule has 0 saturated carbocycles. The molecule has 2 aromatic heterocycles. The van der Waals surface area contributed by atoms with E-state index in [0.29, 0.717) is 6.20 Å². The minimum Gasteiger partial charge on any atom is -0.355 e. The van der Waals surface area contributed by atoms with E-state index in [-0.39, 0.29) is 54.7 Å². The molecule has 2 N–H and O–H groups in total. The first-order valence-electron chi connectivity index (χ1n) is 10.7. The maximum atomic E-state index is 13.6. The monoisotopic (exact) mass is 538 g/mol. The SMILES string of the molecule is Cc1c(C(F)(F)F)cnc(N2CCCN(CC(F)(F)F)CC2)c1C(=O)Nc1ccnc(S(C)(=N)=O)c1. The predicted octanol–water partition coefficient (Wildman–Crippen LogP) is 4.17. The number of carbonyl (C=O) groups excluding carboxylic acids is 1. The lowest BCUT2D eigenvalue weighted by atomic mass is 10.0. The molecule has 1 fully saturated rings. The molecule has 198 valence electrons. The molecular weight excluding hydrogens is 514 g/mol. The van der Waals surface area contributed by atoms with Crippen molar-refractivity contribution in [3.8, 4) is 0 Å². The van der Waals surface area contributed by atoms with Crippen molar-refractivity contribution in [2.75, 3.05) is 49.2 Å². The Morgan fingerprint density at radius 2 is 1.83 bits per heavy atom. The number of hydrogen-bond donors (Lipinski definition) is 2. The Hall–Kier alpha value is -2.94. The number of carbonyl (C=O) groups is 1. The zero-order chi connectivity index (χ0) is 26.9. The number of nitrogens with one attached hydrogen (secondary N) is 2. The van der Waals surface area contributed by atoms with Crippen LogP contribution in [0.1, 0.15) is 27.9 Å². The summed E-state index contributed by atoms with van der Waals surface area (Å²) in [5.41, 5.74) is -1.84. The topological polar surface area (TPSA) is 102 Å². The van der Waals surface area contributed by atoms with Gasteiger partial charge in [-0.15, -0.1) is 0 Å². The van der Waals surface area contributed by atoms with Gasteiger partial charge in [-0.3, -0.25) is 9.69 Å². The van der Waals surface area contributed by atoms with Crippen LogP contribution in [0.15, 0.2) is 29.6 Å². The highest BCUT2D eigenvalue weighted by Gasteiger charge is 2.37. The molecular formula is C21H24F6N6O2S. The lowest BCUT2D eigenvalue weighted by molar-refractivity contribution is -0.145. The predicted molar refractivity (Wildman–Crippen MR) is 121 cm³/mol. The van der Waals surface area contributed by atoms with Crippen LogP contribution in [0.3, 0.4) is 0 Å². The molecule has 1 atom stereocenters. The van der Waals surface area contributed by atoms with E-state index in [2.05, 4.69) is 15.3 Å². The fourth-order valence-corrected chi connectivity index (χ4v) is 4.49. The third-order valence-electron chi connectivity index (χ3n) is 5.53. The molecule has 36 heavy (non-hydrogen) atoms. The van der Waals surface area contributed by atoms with Crippen molar-refractivity contribution < 1.29 is 35.3 Å². The highest BCUT2D eigenvalue weighted by molar-refractivity contribution is 7.91. The smallest absolute Gasteiger partial charge is 0.355 e. The Labute approximate surface area is 203 Å². The fraction of sp³-hybridized carbons (Fsp3) is 0.476. The largest absolute Gasteiger partial charge is 0.418 e. The normalized spacial score (nSPS) is 17.4. The van der Waals surface area contributed by atoms with E-state index in [1.807, 2.05) is 0 Å². The second kappa shape index (κ2) is 10.2. The second-order valence-corrected chi connectivity index (χ2v) is 10.5. The minimum absolute atomic E-state index is 0.0182. The van der Waals surface area contributed by atoms with Crippen LogP contribution in [0.25, 0.3) is 0 Å². The molecule has 0 bridgehead atoms. The Morgan fingerprint density at radius 1 is 1.14 bits per heavy atom. The number of aromatic nitrogens is 2. The van der Waals surface area contributed by atoms with Crippen molar-refractivity contribution in [3.63, 3.8) is 0 Å². The molecule has 8 nitrogen and oxygen atoms in total. The lowest BCUT2D eigenvalue weighted by Crippen LogP contribution is -2.37. The first-order valence-corrected chi connectivity index (χ1v) is 12.6. The number of alkyl halides is 6. The van der Waals surface area contributed by atoms with Gasteiger partial charge in [-0.2, -0.15) is 26.3 Å². The molecule has 1 unspecified atom stereocenters. The summed E-state index contributed by atoms with van der Waals surface area (Å²) >= 11 is 0. The quantitative estimate of drug-likeness (QED) is 0.555. The molecule has 0 spiro atoms. The summed E-state index contributed by atoms with van der Waals surface area (Å²) in [6.07, 6.45) is -5.98. The van der Waals surface area contributed by atoms with Crippen molar-refractivity contribution in [1.29, 1.82) is 4.78 Å². The summed E-state index contributed by atoms with van der Waals surface area (Å²) in [4.78, 5) is 23.7. The first-order chi connectivity index (χ1) is 16.6. The van der Waals surface area contributed by atoms with Crippen LogP contribution in [-0.4, -0.2) is 70.1 Å². The summed E-state index contributed by atoms with van der Waals surface area (Å²) in [5.74, 6) is -1.02. The standard InChI is InChI=1S/C21H24F6N6O2S/c1-13-15(21(25,26)27)11-30-18(33-7-3-6-32(8-9-33)12-20(22,23)24)17(13)19(34)31-14-4-5-29-16(10-14)36(2,28)35/h4-5,10-11,28H,3,6-9,12H2,1-2H3,(H,29,31,34). The number of halogens is 6. The maximum absolute atomic E-state index is 13.6. The molecule has 2 aromatic rings. The highest BCUT2D eigenvalue weighted by atomic mass is 32.2. The van der Waals surface area contributed by atoms with Crippen molar-refractivity contribution >= 4 is 27.1 Å². The van der Waals surface area contributed by atoms with Gasteiger partial charge in [-0.25, -0.2) is 19.0 Å². The van der Waals surface area contributed by atoms with Crippen LogP contribution >= 0.6 is 0 Å². The van der Waals surface area contributed by atoms with Gasteiger partial charge < -0.3 is 10.2 Å². The van der Waals surface area contributed by atoms with Crippen molar-refractivity contribution in [2.24, 2.45) is 0 Å². The molecule has 0 aromatic carbocycles. The summed E-state index contributed by atoms with van der Waals surface area (Å²) in [7, 11) is -3.22. The highest BCUT2D eigenvalue weighted by Crippen LogP contribution is 2.36. The van der Waals surface area contributed by atoms with Crippen LogP contribution in [0, 0.1) is 11.7 Å². The Bertz CT molecular complexity index is 1230. The van der Waals surface area contributed by atoms with Gasteiger partial charge in [0.2, 0.25) is 0 Å². The maximum Gasteiger partial charge on any atom is 0.418 e. The third-order valence-corrected chi connectivity index (χ3v) is 6.56. The summed E-state index contributed by atoms with van der Waals surface area (Å²) in [5, 5.41) is 2.32. The molecule has 1 amide bonds. The Balaban J connectivity index is 1.98. The number of nitrogens with zero attached hydrogens (tertiary/aromatic N) is 4. The number of amides is 1. The number of rotatable bonds is 5. The van der Waals surface area contributed by atoms with Crippen molar-refractivity contribution in [1.82, 2.24) is 14.9 Å². The Kier molecular flexibility index (Phi) is 7.83. The third kappa shape index (κ3) is 6.84. The van der Waals surface area contributed by atoms with Crippen molar-refractivity contribution in [3.05, 3.63) is 41.2 Å². The van der Waals surface area contributed by atoms with Gasteiger partial charge in [-0.1, -0.05) is 0 Å².